The Morgan fingerprint density at radius 1 is 1.42 bits per heavy atom. The van der Waals surface area contributed by atoms with Crippen LogP contribution in [0, 0.1) is 0 Å². The van der Waals surface area contributed by atoms with Crippen LogP contribution in [-0.2, 0) is 4.79 Å². The zero-order valence-corrected chi connectivity index (χ0v) is 12.0. The van der Waals surface area contributed by atoms with E-state index in [-0.39, 0.29) is 11.9 Å². The first kappa shape index (κ1) is 12.5. The summed E-state index contributed by atoms with van der Waals surface area (Å²) in [6.07, 6.45) is 0. The van der Waals surface area contributed by atoms with Crippen LogP contribution in [0.5, 0.6) is 5.75 Å². The number of anilines is 1. The van der Waals surface area contributed by atoms with Crippen LogP contribution < -0.4 is 9.64 Å². The first-order chi connectivity index (χ1) is 8.99. The number of hydrogen-bond acceptors (Lipinski definition) is 4. The second-order valence-electron chi connectivity index (χ2n) is 5.31. The summed E-state index contributed by atoms with van der Waals surface area (Å²) in [5.74, 6) is 0.782. The van der Waals surface area contributed by atoms with Crippen molar-refractivity contribution in [1.82, 2.24) is 0 Å². The first-order valence-corrected chi connectivity index (χ1v) is 7.14. The van der Waals surface area contributed by atoms with Gasteiger partial charge in [0.15, 0.2) is 5.17 Å². The molecule has 0 aliphatic carbocycles. The molecule has 0 saturated carbocycles. The molecule has 0 N–H and O–H groups in total. The number of thioether (sulfide) groups is 1. The maximum Gasteiger partial charge on any atom is 0.264 e. The largest absolute Gasteiger partial charge is 0.489 e. The van der Waals surface area contributed by atoms with E-state index in [9.17, 15) is 4.79 Å². The number of ether oxygens (including phenoxy) is 1. The Labute approximate surface area is 116 Å². The van der Waals surface area contributed by atoms with Gasteiger partial charge in [0.2, 0.25) is 0 Å². The number of amides is 1. The molecule has 1 unspecified atom stereocenters. The molecule has 0 spiro atoms. The Hall–Kier alpha value is -1.49. The molecular weight excluding hydrogens is 260 g/mol. The van der Waals surface area contributed by atoms with Crippen LogP contribution in [0.3, 0.4) is 0 Å². The minimum atomic E-state index is -0.470. The lowest BCUT2D eigenvalue weighted by Gasteiger charge is -2.36. The Kier molecular flexibility index (Phi) is 2.82. The summed E-state index contributed by atoms with van der Waals surface area (Å²) in [6.45, 7) is 6.50. The summed E-state index contributed by atoms with van der Waals surface area (Å²) in [5.41, 5.74) is 0.984. The van der Waals surface area contributed by atoms with Crippen molar-refractivity contribution >= 4 is 28.5 Å². The van der Waals surface area contributed by atoms with Gasteiger partial charge in [-0.2, -0.15) is 4.99 Å². The minimum absolute atomic E-state index is 0.0660. The fourth-order valence-corrected chi connectivity index (χ4v) is 3.31. The second-order valence-corrected chi connectivity index (χ2v) is 6.90. The number of benzene rings is 1. The van der Waals surface area contributed by atoms with Gasteiger partial charge in [-0.25, -0.2) is 0 Å². The van der Waals surface area contributed by atoms with E-state index in [1.54, 1.807) is 0 Å². The predicted molar refractivity (Wildman–Crippen MR) is 78.0 cm³/mol. The van der Waals surface area contributed by atoms with Gasteiger partial charge in [0.25, 0.3) is 5.91 Å². The van der Waals surface area contributed by atoms with E-state index >= 15 is 0 Å². The lowest BCUT2D eigenvalue weighted by molar-refractivity contribution is -0.119. The highest BCUT2D eigenvalue weighted by Crippen LogP contribution is 2.41. The number of fused-ring (bicyclic) bond motifs is 1. The number of nitrogens with zero attached hydrogens (tertiary/aromatic N) is 2. The van der Waals surface area contributed by atoms with Crippen molar-refractivity contribution < 1.29 is 9.53 Å². The number of para-hydroxylation sites is 2. The maximum atomic E-state index is 11.9. The number of carbonyl (C=O) groups excluding carboxylic acids is 1. The van der Waals surface area contributed by atoms with Gasteiger partial charge in [-0.3, -0.25) is 4.79 Å². The highest BCUT2D eigenvalue weighted by atomic mass is 32.2. The average molecular weight is 276 g/mol. The van der Waals surface area contributed by atoms with E-state index in [1.807, 2.05) is 38.1 Å². The quantitative estimate of drug-likeness (QED) is 0.730. The van der Waals surface area contributed by atoms with Crippen molar-refractivity contribution in [1.29, 1.82) is 0 Å². The molecule has 2 aliphatic rings. The summed E-state index contributed by atoms with van der Waals surface area (Å²) in [7, 11) is 0. The molecule has 3 rings (SSSR count). The molecule has 0 aromatic heterocycles. The van der Waals surface area contributed by atoms with Gasteiger partial charge in [0.1, 0.15) is 12.4 Å². The molecule has 19 heavy (non-hydrogen) atoms. The van der Waals surface area contributed by atoms with E-state index in [0.717, 1.165) is 16.6 Å². The summed E-state index contributed by atoms with van der Waals surface area (Å²) in [6, 6.07) is 8.04. The lowest BCUT2D eigenvalue weighted by Crippen LogP contribution is -2.43. The van der Waals surface area contributed by atoms with Gasteiger partial charge in [-0.1, -0.05) is 23.9 Å². The Morgan fingerprint density at radius 2 is 2.16 bits per heavy atom. The first-order valence-electron chi connectivity index (χ1n) is 6.32. The third-order valence-electron chi connectivity index (χ3n) is 3.31. The number of aliphatic imine (C=N–C) groups is 1. The van der Waals surface area contributed by atoms with Gasteiger partial charge < -0.3 is 9.64 Å². The van der Waals surface area contributed by atoms with Crippen molar-refractivity contribution in [2.24, 2.45) is 4.99 Å². The van der Waals surface area contributed by atoms with Crippen molar-refractivity contribution in [2.75, 3.05) is 11.5 Å². The van der Waals surface area contributed by atoms with E-state index < -0.39 is 4.75 Å². The molecule has 100 valence electrons. The fraction of sp³-hybridized carbons (Fsp3) is 0.429. The van der Waals surface area contributed by atoms with E-state index in [4.69, 9.17) is 4.74 Å². The molecule has 1 atom stereocenters. The van der Waals surface area contributed by atoms with E-state index in [2.05, 4.69) is 16.8 Å². The van der Waals surface area contributed by atoms with Crippen LogP contribution in [0.2, 0.25) is 0 Å². The predicted octanol–water partition coefficient (Wildman–Crippen LogP) is 2.68. The molecule has 2 heterocycles. The zero-order valence-electron chi connectivity index (χ0n) is 11.2. The summed E-state index contributed by atoms with van der Waals surface area (Å²) >= 11 is 1.52. The van der Waals surface area contributed by atoms with Crippen LogP contribution >= 0.6 is 11.8 Å². The van der Waals surface area contributed by atoms with Crippen molar-refractivity contribution in [3.05, 3.63) is 24.3 Å². The third kappa shape index (κ3) is 2.02. The lowest BCUT2D eigenvalue weighted by atomic mass is 10.2. The molecule has 0 saturated heterocycles. The third-order valence-corrected chi connectivity index (χ3v) is 4.47. The normalized spacial score (nSPS) is 24.8. The van der Waals surface area contributed by atoms with Crippen LogP contribution in [-0.4, -0.2) is 28.5 Å². The van der Waals surface area contributed by atoms with Gasteiger partial charge in [0.05, 0.1) is 16.5 Å². The highest BCUT2D eigenvalue weighted by Gasteiger charge is 2.41. The Balaban J connectivity index is 2.02. The number of rotatable bonds is 0. The molecule has 0 radical (unpaired) electrons. The van der Waals surface area contributed by atoms with Gasteiger partial charge in [0, 0.05) is 0 Å². The van der Waals surface area contributed by atoms with Crippen LogP contribution in [0.15, 0.2) is 29.3 Å². The topological polar surface area (TPSA) is 41.9 Å². The molecular formula is C14H16N2O2S. The molecule has 1 aromatic carbocycles. The Bertz CT molecular complexity index is 568. The van der Waals surface area contributed by atoms with Crippen molar-refractivity contribution in [2.45, 2.75) is 31.6 Å². The SMILES string of the molecule is CC1COc2ccccc2N1C1=NC(=O)C(C)(C)S1. The molecule has 5 heteroatoms. The standard InChI is InChI=1S/C14H16N2O2S/c1-9-8-18-11-7-5-4-6-10(11)16(9)13-15-12(17)14(2,3)19-13/h4-7,9H,8H2,1-3H3. The summed E-state index contributed by atoms with van der Waals surface area (Å²) < 4.78 is 5.24. The number of amidine groups is 1. The monoisotopic (exact) mass is 276 g/mol. The Morgan fingerprint density at radius 3 is 2.84 bits per heavy atom. The number of hydrogen-bond donors (Lipinski definition) is 0. The minimum Gasteiger partial charge on any atom is -0.489 e. The van der Waals surface area contributed by atoms with Gasteiger partial charge in [-0.05, 0) is 32.9 Å². The van der Waals surface area contributed by atoms with Crippen LogP contribution in [0.4, 0.5) is 5.69 Å². The van der Waals surface area contributed by atoms with Gasteiger partial charge in [-0.15, -0.1) is 0 Å². The summed E-state index contributed by atoms with van der Waals surface area (Å²) in [5, 5.41) is 0.776. The molecule has 0 bridgehead atoms. The molecule has 2 aliphatic heterocycles. The van der Waals surface area contributed by atoms with E-state index in [1.165, 1.54) is 11.8 Å². The van der Waals surface area contributed by atoms with Gasteiger partial charge >= 0.3 is 0 Å². The second kappa shape index (κ2) is 4.27. The average Bonchev–Trinajstić information content (AvgIpc) is 2.63. The zero-order chi connectivity index (χ0) is 13.6. The fourth-order valence-electron chi connectivity index (χ4n) is 2.21. The van der Waals surface area contributed by atoms with Crippen LogP contribution in [0.25, 0.3) is 0 Å². The number of carbonyl (C=O) groups is 1. The van der Waals surface area contributed by atoms with E-state index in [0.29, 0.717) is 6.61 Å². The highest BCUT2D eigenvalue weighted by molar-refractivity contribution is 8.16. The molecule has 1 amide bonds. The molecule has 1 aromatic rings. The maximum absolute atomic E-state index is 11.9. The van der Waals surface area contributed by atoms with Crippen molar-refractivity contribution in [3.8, 4) is 5.75 Å². The van der Waals surface area contributed by atoms with Crippen LogP contribution in [0.1, 0.15) is 20.8 Å². The summed E-state index contributed by atoms with van der Waals surface area (Å²) in [4.78, 5) is 18.2. The molecule has 0 fully saturated rings. The molecule has 4 nitrogen and oxygen atoms in total. The van der Waals surface area contributed by atoms with Crippen molar-refractivity contribution in [3.63, 3.8) is 0 Å². The smallest absolute Gasteiger partial charge is 0.264 e.